The highest BCUT2D eigenvalue weighted by Crippen LogP contribution is 2.28. The van der Waals surface area contributed by atoms with E-state index in [1.54, 1.807) is 34.9 Å². The molecule has 0 saturated heterocycles. The molecule has 1 aromatic heterocycles. The second kappa shape index (κ2) is 6.81. The van der Waals surface area contributed by atoms with E-state index < -0.39 is 0 Å². The van der Waals surface area contributed by atoms with Gasteiger partial charge in [0.25, 0.3) is 5.56 Å². The van der Waals surface area contributed by atoms with Crippen LogP contribution in [0.4, 0.5) is 5.82 Å². The molecule has 0 atom stereocenters. The molecule has 130 valence electrons. The minimum atomic E-state index is -0.167. The molecule has 5 heteroatoms. The lowest BCUT2D eigenvalue weighted by atomic mass is 9.94. The molecule has 0 spiro atoms. The zero-order valence-electron chi connectivity index (χ0n) is 14.0. The minimum Gasteiger partial charge on any atom is -0.369 e. The number of benzene rings is 2. The molecule has 0 saturated carbocycles. The number of rotatable bonds is 4. The van der Waals surface area contributed by atoms with Gasteiger partial charge in [-0.2, -0.15) is 0 Å². The van der Waals surface area contributed by atoms with Gasteiger partial charge in [0.2, 0.25) is 0 Å². The average molecular weight is 365 g/mol. The zero-order chi connectivity index (χ0) is 18.1. The molecule has 3 aromatic rings. The van der Waals surface area contributed by atoms with Gasteiger partial charge in [-0.25, -0.2) is 0 Å². The summed E-state index contributed by atoms with van der Waals surface area (Å²) in [5.74, 6) is 0.424. The lowest BCUT2D eigenvalue weighted by Gasteiger charge is -2.15. The summed E-state index contributed by atoms with van der Waals surface area (Å²) in [4.78, 5) is 25.8. The van der Waals surface area contributed by atoms with Crippen LogP contribution in [0.25, 0.3) is 0 Å². The summed E-state index contributed by atoms with van der Waals surface area (Å²) in [6.07, 6.45) is 0.511. The number of carbonyl (C=O) groups is 1. The maximum Gasteiger partial charge on any atom is 0.252 e. The fraction of sp³-hybridized carbons (Fsp3) is 0.143. The number of anilines is 1. The molecule has 0 aliphatic carbocycles. The Labute approximate surface area is 156 Å². The zero-order valence-corrected chi connectivity index (χ0v) is 14.8. The number of fused-ring (bicyclic) bond motifs is 1. The second-order valence-corrected chi connectivity index (χ2v) is 6.69. The van der Waals surface area contributed by atoms with Gasteiger partial charge >= 0.3 is 0 Å². The fourth-order valence-corrected chi connectivity index (χ4v) is 3.60. The number of hydrogen-bond donors (Lipinski definition) is 1. The summed E-state index contributed by atoms with van der Waals surface area (Å²) in [5.41, 5.74) is 2.64. The Morgan fingerprint density at radius 1 is 1.08 bits per heavy atom. The molecule has 1 aliphatic rings. The summed E-state index contributed by atoms with van der Waals surface area (Å²) < 4.78 is 1.62. The van der Waals surface area contributed by atoms with Crippen molar-refractivity contribution >= 4 is 23.2 Å². The standard InChI is InChI=1S/C21H17ClN2O2/c22-17-9-5-4-8-16(17)20(26)19-15(12-14-6-2-1-3-7-14)13-18(25)24-11-10-23-21(19)24/h1-9,13,23H,10-12H2. The molecule has 4 rings (SSSR count). The van der Waals surface area contributed by atoms with Gasteiger partial charge in [-0.3, -0.25) is 14.2 Å². The van der Waals surface area contributed by atoms with Crippen molar-refractivity contribution in [3.05, 3.63) is 98.3 Å². The van der Waals surface area contributed by atoms with Crippen LogP contribution < -0.4 is 10.9 Å². The molecule has 2 aromatic carbocycles. The molecule has 0 bridgehead atoms. The third kappa shape index (κ3) is 2.93. The lowest BCUT2D eigenvalue weighted by Crippen LogP contribution is -2.22. The average Bonchev–Trinajstić information content (AvgIpc) is 3.13. The molecule has 4 nitrogen and oxygen atoms in total. The molecule has 26 heavy (non-hydrogen) atoms. The largest absolute Gasteiger partial charge is 0.369 e. The molecule has 0 amide bonds. The third-order valence-corrected chi connectivity index (χ3v) is 4.93. The Balaban J connectivity index is 1.89. The normalized spacial score (nSPS) is 12.5. The van der Waals surface area contributed by atoms with Crippen molar-refractivity contribution in [3.8, 4) is 0 Å². The Morgan fingerprint density at radius 3 is 2.58 bits per heavy atom. The number of ketones is 1. The van der Waals surface area contributed by atoms with Crippen molar-refractivity contribution in [1.29, 1.82) is 0 Å². The van der Waals surface area contributed by atoms with E-state index in [-0.39, 0.29) is 11.3 Å². The van der Waals surface area contributed by atoms with Crippen molar-refractivity contribution in [2.75, 3.05) is 11.9 Å². The van der Waals surface area contributed by atoms with Crippen molar-refractivity contribution in [2.24, 2.45) is 0 Å². The van der Waals surface area contributed by atoms with E-state index in [1.165, 1.54) is 0 Å². The van der Waals surface area contributed by atoms with Crippen LogP contribution in [0, 0.1) is 0 Å². The number of pyridine rings is 1. The van der Waals surface area contributed by atoms with Crippen molar-refractivity contribution in [1.82, 2.24) is 4.57 Å². The van der Waals surface area contributed by atoms with Crippen LogP contribution in [0.15, 0.2) is 65.5 Å². The molecular formula is C21H17ClN2O2. The van der Waals surface area contributed by atoms with Crippen molar-refractivity contribution < 1.29 is 4.79 Å². The van der Waals surface area contributed by atoms with Gasteiger partial charge in [0.05, 0.1) is 10.6 Å². The smallest absolute Gasteiger partial charge is 0.252 e. The highest BCUT2D eigenvalue weighted by molar-refractivity contribution is 6.35. The first-order valence-electron chi connectivity index (χ1n) is 8.49. The van der Waals surface area contributed by atoms with E-state index >= 15 is 0 Å². The molecule has 1 aliphatic heterocycles. The van der Waals surface area contributed by atoms with Crippen LogP contribution in [0.1, 0.15) is 27.0 Å². The van der Waals surface area contributed by atoms with E-state index in [9.17, 15) is 9.59 Å². The van der Waals surface area contributed by atoms with E-state index in [0.29, 0.717) is 47.0 Å². The van der Waals surface area contributed by atoms with Gasteiger partial charge in [-0.15, -0.1) is 0 Å². The fourth-order valence-electron chi connectivity index (χ4n) is 3.38. The summed E-state index contributed by atoms with van der Waals surface area (Å²) in [7, 11) is 0. The molecule has 1 N–H and O–H groups in total. The van der Waals surface area contributed by atoms with Crippen LogP contribution in [0.5, 0.6) is 0 Å². The lowest BCUT2D eigenvalue weighted by molar-refractivity contribution is 0.103. The van der Waals surface area contributed by atoms with Gasteiger partial charge in [0, 0.05) is 24.7 Å². The van der Waals surface area contributed by atoms with Crippen LogP contribution >= 0.6 is 11.6 Å². The number of nitrogens with zero attached hydrogens (tertiary/aromatic N) is 1. The Morgan fingerprint density at radius 2 is 1.81 bits per heavy atom. The molecule has 2 heterocycles. The van der Waals surface area contributed by atoms with E-state index in [0.717, 1.165) is 5.56 Å². The molecular weight excluding hydrogens is 348 g/mol. The Hall–Kier alpha value is -2.85. The summed E-state index contributed by atoms with van der Waals surface area (Å²) in [6, 6.07) is 18.4. The number of nitrogens with one attached hydrogen (secondary N) is 1. The quantitative estimate of drug-likeness (QED) is 0.717. The maximum absolute atomic E-state index is 13.3. The van der Waals surface area contributed by atoms with Crippen molar-refractivity contribution in [2.45, 2.75) is 13.0 Å². The molecule has 0 fully saturated rings. The molecule has 0 radical (unpaired) electrons. The number of aromatic nitrogens is 1. The van der Waals surface area contributed by atoms with Crippen LogP contribution in [0.2, 0.25) is 5.02 Å². The SMILES string of the molecule is O=C(c1ccccc1Cl)c1c(Cc2ccccc2)cc(=O)n2c1NCC2. The third-order valence-electron chi connectivity index (χ3n) is 4.60. The van der Waals surface area contributed by atoms with Gasteiger partial charge < -0.3 is 5.32 Å². The first-order valence-corrected chi connectivity index (χ1v) is 8.86. The first kappa shape index (κ1) is 16.6. The first-order chi connectivity index (χ1) is 12.6. The second-order valence-electron chi connectivity index (χ2n) is 6.28. The highest BCUT2D eigenvalue weighted by Gasteiger charge is 2.26. The maximum atomic E-state index is 13.3. The minimum absolute atomic E-state index is 0.0911. The van der Waals surface area contributed by atoms with Gasteiger partial charge in [-0.1, -0.05) is 54.1 Å². The predicted octanol–water partition coefficient (Wildman–Crippen LogP) is 3.75. The summed E-state index contributed by atoms with van der Waals surface area (Å²) in [5, 5.41) is 3.61. The van der Waals surface area contributed by atoms with Gasteiger partial charge in [0.1, 0.15) is 5.82 Å². The van der Waals surface area contributed by atoms with E-state index in [2.05, 4.69) is 5.32 Å². The van der Waals surface area contributed by atoms with Crippen LogP contribution in [-0.2, 0) is 13.0 Å². The Kier molecular flexibility index (Phi) is 4.35. The topological polar surface area (TPSA) is 51.1 Å². The number of halogens is 1. The van der Waals surface area contributed by atoms with E-state index in [4.69, 9.17) is 11.6 Å². The molecule has 0 unspecified atom stereocenters. The Bertz CT molecular complexity index is 1040. The monoisotopic (exact) mass is 364 g/mol. The highest BCUT2D eigenvalue weighted by atomic mass is 35.5. The van der Waals surface area contributed by atoms with Crippen LogP contribution in [-0.4, -0.2) is 16.9 Å². The van der Waals surface area contributed by atoms with Crippen molar-refractivity contribution in [3.63, 3.8) is 0 Å². The summed E-state index contributed by atoms with van der Waals surface area (Å²) in [6.45, 7) is 1.19. The number of carbonyl (C=O) groups excluding carboxylic acids is 1. The van der Waals surface area contributed by atoms with Gasteiger partial charge in [0.15, 0.2) is 5.78 Å². The predicted molar refractivity (Wildman–Crippen MR) is 103 cm³/mol. The van der Waals surface area contributed by atoms with E-state index in [1.807, 2.05) is 30.3 Å². The number of hydrogen-bond acceptors (Lipinski definition) is 3. The van der Waals surface area contributed by atoms with Gasteiger partial charge in [-0.05, 0) is 29.7 Å². The van der Waals surface area contributed by atoms with Crippen LogP contribution in [0.3, 0.4) is 0 Å². The summed E-state index contributed by atoms with van der Waals surface area (Å²) >= 11 is 6.25.